The number of imidazole rings is 1. The fourth-order valence-electron chi connectivity index (χ4n) is 5.57. The molecule has 1 amide bonds. The van der Waals surface area contributed by atoms with Gasteiger partial charge < -0.3 is 11.1 Å². The summed E-state index contributed by atoms with van der Waals surface area (Å²) in [6.45, 7) is -0.763. The first-order valence-electron chi connectivity index (χ1n) is 13.8. The number of rotatable bonds is 6. The SMILES string of the molecule is Cc1ccc(C(=O)N[C@H]2CCc3cc(-n4c(-c5cccnc5N)nc5ccc(-c6ccn(C(F)F)c6)nc54)ccc32)cn1. The van der Waals surface area contributed by atoms with E-state index in [0.29, 0.717) is 45.2 Å². The number of nitrogens with two attached hydrogens (primary N) is 1. The number of carbonyl (C=O) groups is 1. The molecule has 5 aromatic heterocycles. The van der Waals surface area contributed by atoms with E-state index in [2.05, 4.69) is 21.4 Å². The fourth-order valence-corrected chi connectivity index (χ4v) is 5.57. The standard InChI is InChI=1S/C32H26F2N8O/c1-18-4-5-20(16-37-18)31(43)40-26-9-6-19-15-22(7-8-23(19)26)42-29(24-3-2-13-36-28(24)35)39-27-11-10-25(38-30(27)42)21-12-14-41(17-21)32(33)34/h2-5,7-8,10-17,26,32H,6,9H2,1H3,(H2,35,36)(H,40,43)/t26-/m0/s1. The highest BCUT2D eigenvalue weighted by molar-refractivity contribution is 5.94. The lowest BCUT2D eigenvalue weighted by atomic mass is 10.1. The number of nitrogen functional groups attached to an aromatic ring is 1. The lowest BCUT2D eigenvalue weighted by Gasteiger charge is -2.16. The van der Waals surface area contributed by atoms with E-state index in [1.165, 1.54) is 12.4 Å². The summed E-state index contributed by atoms with van der Waals surface area (Å²) in [6.07, 6.45) is 7.44. The summed E-state index contributed by atoms with van der Waals surface area (Å²) in [5, 5.41) is 3.14. The van der Waals surface area contributed by atoms with Crippen molar-refractivity contribution in [2.45, 2.75) is 32.4 Å². The minimum atomic E-state index is -2.64. The highest BCUT2D eigenvalue weighted by atomic mass is 19.3. The monoisotopic (exact) mass is 576 g/mol. The van der Waals surface area contributed by atoms with Crippen molar-refractivity contribution >= 4 is 22.9 Å². The molecule has 214 valence electrons. The molecule has 43 heavy (non-hydrogen) atoms. The summed E-state index contributed by atoms with van der Waals surface area (Å²) < 4.78 is 29.3. The van der Waals surface area contributed by atoms with E-state index in [1.54, 1.807) is 36.7 Å². The van der Waals surface area contributed by atoms with Crippen LogP contribution in [0.25, 0.3) is 39.5 Å². The van der Waals surface area contributed by atoms with Crippen LogP contribution in [0.2, 0.25) is 0 Å². The second-order valence-electron chi connectivity index (χ2n) is 10.5. The van der Waals surface area contributed by atoms with Crippen LogP contribution in [-0.4, -0.2) is 35.0 Å². The molecule has 0 radical (unpaired) electrons. The molecule has 5 heterocycles. The summed E-state index contributed by atoms with van der Waals surface area (Å²) in [7, 11) is 0. The highest BCUT2D eigenvalue weighted by Gasteiger charge is 2.26. The van der Waals surface area contributed by atoms with E-state index in [-0.39, 0.29) is 11.9 Å². The number of amides is 1. The van der Waals surface area contributed by atoms with Crippen LogP contribution in [0.3, 0.4) is 0 Å². The topological polar surface area (TPSA) is 117 Å². The van der Waals surface area contributed by atoms with Crippen LogP contribution in [0.1, 0.15) is 46.2 Å². The molecule has 0 unspecified atom stereocenters. The molecular weight excluding hydrogens is 550 g/mol. The van der Waals surface area contributed by atoms with Gasteiger partial charge in [-0.1, -0.05) is 6.07 Å². The van der Waals surface area contributed by atoms with Gasteiger partial charge in [-0.2, -0.15) is 8.78 Å². The van der Waals surface area contributed by atoms with Gasteiger partial charge in [0.2, 0.25) is 0 Å². The Morgan fingerprint density at radius 1 is 1.07 bits per heavy atom. The van der Waals surface area contributed by atoms with Gasteiger partial charge in [-0.05, 0) is 85.5 Å². The van der Waals surface area contributed by atoms with E-state index in [4.69, 9.17) is 15.7 Å². The predicted octanol–water partition coefficient (Wildman–Crippen LogP) is 6.05. The van der Waals surface area contributed by atoms with Crippen molar-refractivity contribution in [2.75, 3.05) is 5.73 Å². The second-order valence-corrected chi connectivity index (χ2v) is 10.5. The van der Waals surface area contributed by atoms with Gasteiger partial charge in [0.1, 0.15) is 11.3 Å². The van der Waals surface area contributed by atoms with Gasteiger partial charge in [0, 0.05) is 41.7 Å². The first kappa shape index (κ1) is 26.4. The number of aromatic nitrogens is 6. The number of alkyl halides is 2. The van der Waals surface area contributed by atoms with Crippen molar-refractivity contribution in [3.63, 3.8) is 0 Å². The minimum absolute atomic E-state index is 0.130. The first-order valence-corrected chi connectivity index (χ1v) is 13.8. The lowest BCUT2D eigenvalue weighted by molar-refractivity contribution is 0.0707. The number of fused-ring (bicyclic) bond motifs is 2. The minimum Gasteiger partial charge on any atom is -0.383 e. The number of nitrogens with zero attached hydrogens (tertiary/aromatic N) is 6. The molecule has 6 aromatic rings. The summed E-state index contributed by atoms with van der Waals surface area (Å²) in [6, 6.07) is 18.4. The van der Waals surface area contributed by atoms with Gasteiger partial charge in [-0.15, -0.1) is 0 Å². The molecule has 9 nitrogen and oxygen atoms in total. The number of aryl methyl sites for hydroxylation is 2. The van der Waals surface area contributed by atoms with Crippen molar-refractivity contribution in [2.24, 2.45) is 0 Å². The number of benzene rings is 1. The molecule has 11 heteroatoms. The molecule has 0 fully saturated rings. The molecule has 0 aliphatic heterocycles. The Hall–Kier alpha value is -5.45. The van der Waals surface area contributed by atoms with E-state index in [0.717, 1.165) is 39.9 Å². The lowest BCUT2D eigenvalue weighted by Crippen LogP contribution is -2.27. The van der Waals surface area contributed by atoms with Crippen LogP contribution in [0, 0.1) is 6.92 Å². The third kappa shape index (κ3) is 4.78. The van der Waals surface area contributed by atoms with Crippen molar-refractivity contribution in [1.29, 1.82) is 0 Å². The van der Waals surface area contributed by atoms with Gasteiger partial charge in [-0.25, -0.2) is 15.0 Å². The van der Waals surface area contributed by atoms with Gasteiger partial charge in [0.25, 0.3) is 5.91 Å². The van der Waals surface area contributed by atoms with E-state index < -0.39 is 6.55 Å². The molecule has 1 aromatic carbocycles. The van der Waals surface area contributed by atoms with Crippen LogP contribution in [0.4, 0.5) is 14.6 Å². The highest BCUT2D eigenvalue weighted by Crippen LogP contribution is 2.36. The van der Waals surface area contributed by atoms with Crippen molar-refractivity contribution < 1.29 is 13.6 Å². The molecule has 1 aliphatic carbocycles. The Morgan fingerprint density at radius 2 is 1.95 bits per heavy atom. The Morgan fingerprint density at radius 3 is 2.72 bits per heavy atom. The molecule has 7 rings (SSSR count). The van der Waals surface area contributed by atoms with Crippen molar-refractivity contribution in [3.05, 3.63) is 108 Å². The van der Waals surface area contributed by atoms with Gasteiger partial charge in [0.15, 0.2) is 11.5 Å². The molecule has 0 saturated heterocycles. The normalized spacial score (nSPS) is 14.4. The summed E-state index contributed by atoms with van der Waals surface area (Å²) >= 11 is 0. The van der Waals surface area contributed by atoms with Crippen LogP contribution < -0.4 is 11.1 Å². The molecule has 3 N–H and O–H groups in total. The summed E-state index contributed by atoms with van der Waals surface area (Å²) in [5.74, 6) is 0.717. The molecule has 1 aliphatic rings. The Labute approximate surface area is 245 Å². The maximum absolute atomic E-state index is 13.3. The van der Waals surface area contributed by atoms with Gasteiger partial charge in [0.05, 0.1) is 22.9 Å². The third-order valence-corrected chi connectivity index (χ3v) is 7.76. The number of halogens is 2. The fraction of sp³-hybridized carbons (Fsp3) is 0.156. The van der Waals surface area contributed by atoms with Crippen molar-refractivity contribution in [1.82, 2.24) is 34.4 Å². The quantitative estimate of drug-likeness (QED) is 0.249. The third-order valence-electron chi connectivity index (χ3n) is 7.76. The maximum atomic E-state index is 13.3. The average Bonchev–Trinajstić information content (AvgIpc) is 3.75. The molecular formula is C32H26F2N8O. The number of anilines is 1. The molecule has 0 saturated carbocycles. The van der Waals surface area contributed by atoms with Crippen LogP contribution in [0.15, 0.2) is 85.5 Å². The number of hydrogen-bond donors (Lipinski definition) is 2. The number of hydrogen-bond acceptors (Lipinski definition) is 6. The first-order chi connectivity index (χ1) is 20.9. The zero-order chi connectivity index (χ0) is 29.7. The zero-order valence-electron chi connectivity index (χ0n) is 23.1. The maximum Gasteiger partial charge on any atom is 0.318 e. The Kier molecular flexibility index (Phi) is 6.42. The Bertz CT molecular complexity index is 2000. The van der Waals surface area contributed by atoms with Crippen LogP contribution in [-0.2, 0) is 6.42 Å². The number of nitrogens with one attached hydrogen (secondary N) is 1. The smallest absolute Gasteiger partial charge is 0.318 e. The predicted molar refractivity (Wildman–Crippen MR) is 159 cm³/mol. The summed E-state index contributed by atoms with van der Waals surface area (Å²) in [4.78, 5) is 31.1. The van der Waals surface area contributed by atoms with Crippen molar-refractivity contribution in [3.8, 4) is 28.3 Å². The number of carbonyl (C=O) groups excluding carboxylic acids is 1. The van der Waals surface area contributed by atoms with Crippen LogP contribution in [0.5, 0.6) is 0 Å². The summed E-state index contributed by atoms with van der Waals surface area (Å²) in [5.41, 5.74) is 13.5. The van der Waals surface area contributed by atoms with E-state index >= 15 is 0 Å². The van der Waals surface area contributed by atoms with E-state index in [1.807, 2.05) is 41.8 Å². The van der Waals surface area contributed by atoms with E-state index in [9.17, 15) is 13.6 Å². The largest absolute Gasteiger partial charge is 0.383 e. The van der Waals surface area contributed by atoms with Gasteiger partial charge in [-0.3, -0.25) is 18.9 Å². The number of pyridine rings is 3. The molecule has 0 spiro atoms. The van der Waals surface area contributed by atoms with Gasteiger partial charge >= 0.3 is 6.55 Å². The molecule has 0 bridgehead atoms. The molecule has 1 atom stereocenters. The Balaban J connectivity index is 1.30. The second kappa shape index (κ2) is 10.4. The van der Waals surface area contributed by atoms with Crippen LogP contribution >= 0.6 is 0 Å². The zero-order valence-corrected chi connectivity index (χ0v) is 23.1. The average molecular weight is 577 g/mol.